The lowest BCUT2D eigenvalue weighted by atomic mass is 9.81. The first kappa shape index (κ1) is 28.2. The highest BCUT2D eigenvalue weighted by Gasteiger charge is 2.48. The zero-order chi connectivity index (χ0) is 27.5. The third kappa shape index (κ3) is 6.42. The number of hydrogen-bond acceptors (Lipinski definition) is 4. The Balaban J connectivity index is 1.43. The minimum Gasteiger partial charge on any atom is -0.493 e. The predicted octanol–water partition coefficient (Wildman–Crippen LogP) is 4.58. The molecule has 2 heterocycles. The largest absolute Gasteiger partial charge is 0.493 e. The van der Waals surface area contributed by atoms with Crippen LogP contribution in [0.5, 0.6) is 5.75 Å². The number of nitrogens with zero attached hydrogens (tertiary/aromatic N) is 2. The van der Waals surface area contributed by atoms with Gasteiger partial charge in [0.2, 0.25) is 11.6 Å². The summed E-state index contributed by atoms with van der Waals surface area (Å²) in [7, 11) is 0. The molecular formula is C29H38F3N3O3. The summed E-state index contributed by atoms with van der Waals surface area (Å²) in [4.78, 5) is 28.7. The van der Waals surface area contributed by atoms with Gasteiger partial charge in [0.1, 0.15) is 23.3 Å². The van der Waals surface area contributed by atoms with Crippen LogP contribution >= 0.6 is 0 Å². The number of benzene rings is 1. The summed E-state index contributed by atoms with van der Waals surface area (Å²) in [5, 5.41) is 0. The number of likely N-dealkylation sites (tertiary alicyclic amines) is 2. The molecular weight excluding hydrogens is 495 g/mol. The SMILES string of the molecule is CC(C)(F)CN1CCC(COc2ccc(C3=CC=CCC3(F)C(=O)N3CCCC[C@H]3C(N)=O)c(F)c2)CC1. The third-order valence-electron chi connectivity index (χ3n) is 7.68. The molecule has 1 aliphatic carbocycles. The molecule has 3 aliphatic rings. The van der Waals surface area contributed by atoms with Gasteiger partial charge in [-0.1, -0.05) is 18.2 Å². The van der Waals surface area contributed by atoms with Crippen molar-refractivity contribution < 1.29 is 27.5 Å². The van der Waals surface area contributed by atoms with Crippen LogP contribution in [0.1, 0.15) is 57.9 Å². The first-order valence-electron chi connectivity index (χ1n) is 13.5. The Morgan fingerprint density at radius 2 is 1.89 bits per heavy atom. The normalized spacial score (nSPS) is 25.2. The number of hydrogen-bond donors (Lipinski definition) is 1. The standard InChI is InChI=1S/C29H38F3N3O3/c1-28(2,31)19-34-15-11-20(12-16-34)18-38-21-9-10-22(24(30)17-21)23-7-3-5-13-29(23,32)27(37)35-14-6-4-8-25(35)26(33)36/h3,5,7,9-10,17,20,25H,4,6,8,11-16,18-19H2,1-2H3,(H2,33,36)/t25-,29?/m0/s1. The van der Waals surface area contributed by atoms with Crippen LogP contribution in [-0.4, -0.2) is 71.8 Å². The topological polar surface area (TPSA) is 75.9 Å². The van der Waals surface area contributed by atoms with Crippen LogP contribution in [0.4, 0.5) is 13.2 Å². The number of halogens is 3. The number of primary amides is 1. The number of allylic oxidation sites excluding steroid dienone is 3. The molecule has 0 saturated carbocycles. The number of alkyl halides is 2. The van der Waals surface area contributed by atoms with E-state index in [1.807, 2.05) is 0 Å². The second-order valence-electron chi connectivity index (χ2n) is 11.3. The summed E-state index contributed by atoms with van der Waals surface area (Å²) >= 11 is 0. The number of carbonyl (C=O) groups excluding carboxylic acids is 2. The fourth-order valence-corrected chi connectivity index (χ4v) is 5.70. The van der Waals surface area contributed by atoms with Gasteiger partial charge < -0.3 is 20.3 Å². The molecule has 6 nitrogen and oxygen atoms in total. The second-order valence-corrected chi connectivity index (χ2v) is 11.3. The number of ether oxygens (including phenoxy) is 1. The molecule has 9 heteroatoms. The summed E-state index contributed by atoms with van der Waals surface area (Å²) in [6, 6.07) is 3.36. The van der Waals surface area contributed by atoms with Gasteiger partial charge in [0.15, 0.2) is 0 Å². The highest BCUT2D eigenvalue weighted by atomic mass is 19.1. The molecule has 2 amide bonds. The minimum absolute atomic E-state index is 0.0210. The van der Waals surface area contributed by atoms with Crippen LogP contribution in [-0.2, 0) is 9.59 Å². The fraction of sp³-hybridized carbons (Fsp3) is 0.586. The van der Waals surface area contributed by atoms with Gasteiger partial charge in [0.25, 0.3) is 5.91 Å². The Hall–Kier alpha value is -2.81. The van der Waals surface area contributed by atoms with E-state index >= 15 is 8.78 Å². The summed E-state index contributed by atoms with van der Waals surface area (Å²) in [6.45, 7) is 5.77. The lowest BCUT2D eigenvalue weighted by Crippen LogP contribution is -2.56. The van der Waals surface area contributed by atoms with Gasteiger partial charge >= 0.3 is 0 Å². The zero-order valence-corrected chi connectivity index (χ0v) is 22.2. The van der Waals surface area contributed by atoms with Crippen molar-refractivity contribution in [2.45, 2.75) is 69.8 Å². The molecule has 2 N–H and O–H groups in total. The van der Waals surface area contributed by atoms with Gasteiger partial charge in [-0.25, -0.2) is 13.2 Å². The van der Waals surface area contributed by atoms with Crippen LogP contribution < -0.4 is 10.5 Å². The maximum Gasteiger partial charge on any atom is 0.265 e. The molecule has 0 bridgehead atoms. The van der Waals surface area contributed by atoms with E-state index < -0.39 is 35.0 Å². The van der Waals surface area contributed by atoms with E-state index in [-0.39, 0.29) is 30.0 Å². The molecule has 1 aromatic rings. The van der Waals surface area contributed by atoms with E-state index in [4.69, 9.17) is 10.5 Å². The molecule has 1 aromatic carbocycles. The Morgan fingerprint density at radius 3 is 2.55 bits per heavy atom. The van der Waals surface area contributed by atoms with Crippen LogP contribution in [0.2, 0.25) is 0 Å². The van der Waals surface area contributed by atoms with Crippen molar-refractivity contribution in [3.63, 3.8) is 0 Å². The molecule has 2 saturated heterocycles. The summed E-state index contributed by atoms with van der Waals surface area (Å²) in [5.41, 5.74) is 1.65. The molecule has 2 fully saturated rings. The maximum atomic E-state index is 16.5. The highest BCUT2D eigenvalue weighted by molar-refractivity contribution is 6.02. The quantitative estimate of drug-likeness (QED) is 0.531. The lowest BCUT2D eigenvalue weighted by molar-refractivity contribution is -0.148. The molecule has 0 spiro atoms. The van der Waals surface area contributed by atoms with Crippen molar-refractivity contribution in [2.24, 2.45) is 11.7 Å². The predicted molar refractivity (Wildman–Crippen MR) is 140 cm³/mol. The van der Waals surface area contributed by atoms with Crippen molar-refractivity contribution in [3.05, 3.63) is 47.8 Å². The molecule has 4 rings (SSSR count). The van der Waals surface area contributed by atoms with Crippen LogP contribution in [0, 0.1) is 11.7 Å². The first-order chi connectivity index (χ1) is 18.0. The third-order valence-corrected chi connectivity index (χ3v) is 7.68. The van der Waals surface area contributed by atoms with Gasteiger partial charge in [-0.15, -0.1) is 0 Å². The van der Waals surface area contributed by atoms with Gasteiger partial charge in [-0.2, -0.15) is 0 Å². The van der Waals surface area contributed by atoms with Gasteiger partial charge in [-0.05, 0) is 77.1 Å². The van der Waals surface area contributed by atoms with E-state index in [2.05, 4.69) is 4.90 Å². The molecule has 1 unspecified atom stereocenters. The maximum absolute atomic E-state index is 16.5. The number of rotatable bonds is 8. The summed E-state index contributed by atoms with van der Waals surface area (Å²) in [5.74, 6) is -1.61. The van der Waals surface area contributed by atoms with Crippen molar-refractivity contribution in [2.75, 3.05) is 32.8 Å². The second kappa shape index (κ2) is 11.5. The Morgan fingerprint density at radius 1 is 1.16 bits per heavy atom. The Bertz CT molecular complexity index is 1090. The molecule has 208 valence electrons. The minimum atomic E-state index is -2.51. The van der Waals surface area contributed by atoms with E-state index in [0.717, 1.165) is 32.4 Å². The Labute approximate surface area is 222 Å². The van der Waals surface area contributed by atoms with Crippen LogP contribution in [0.15, 0.2) is 36.4 Å². The summed E-state index contributed by atoms with van der Waals surface area (Å²) < 4.78 is 51.5. The van der Waals surface area contributed by atoms with Gasteiger partial charge in [-0.3, -0.25) is 9.59 Å². The molecule has 0 radical (unpaired) electrons. The number of piperidine rings is 2. The van der Waals surface area contributed by atoms with Crippen LogP contribution in [0.3, 0.4) is 0 Å². The molecule has 38 heavy (non-hydrogen) atoms. The van der Waals surface area contributed by atoms with Gasteiger partial charge in [0.05, 0.1) is 6.61 Å². The van der Waals surface area contributed by atoms with Crippen molar-refractivity contribution >= 4 is 17.4 Å². The number of nitrogens with two attached hydrogens (primary N) is 1. The Kier molecular flexibility index (Phi) is 8.55. The zero-order valence-electron chi connectivity index (χ0n) is 22.2. The molecule has 0 aromatic heterocycles. The van der Waals surface area contributed by atoms with Crippen LogP contribution in [0.25, 0.3) is 5.57 Å². The van der Waals surface area contributed by atoms with Crippen molar-refractivity contribution in [1.29, 1.82) is 0 Å². The van der Waals surface area contributed by atoms with E-state index in [1.165, 1.54) is 29.2 Å². The fourth-order valence-electron chi connectivity index (χ4n) is 5.70. The van der Waals surface area contributed by atoms with Crippen molar-refractivity contribution in [1.82, 2.24) is 9.80 Å². The lowest BCUT2D eigenvalue weighted by Gasteiger charge is -2.39. The molecule has 2 aliphatic heterocycles. The number of carbonyl (C=O) groups is 2. The molecule has 2 atom stereocenters. The van der Waals surface area contributed by atoms with Gasteiger partial charge in [0, 0.05) is 36.7 Å². The summed E-state index contributed by atoms with van der Waals surface area (Å²) in [6.07, 6.45) is 7.78. The van der Waals surface area contributed by atoms with Crippen molar-refractivity contribution in [3.8, 4) is 5.75 Å². The average molecular weight is 534 g/mol. The van der Waals surface area contributed by atoms with E-state index in [1.54, 1.807) is 26.0 Å². The number of amides is 2. The highest BCUT2D eigenvalue weighted by Crippen LogP contribution is 2.41. The first-order valence-corrected chi connectivity index (χ1v) is 13.5. The smallest absolute Gasteiger partial charge is 0.265 e. The van der Waals surface area contributed by atoms with E-state index in [0.29, 0.717) is 31.7 Å². The average Bonchev–Trinajstić information content (AvgIpc) is 2.87. The van der Waals surface area contributed by atoms with E-state index in [9.17, 15) is 14.0 Å². The monoisotopic (exact) mass is 533 g/mol.